The highest BCUT2D eigenvalue weighted by molar-refractivity contribution is 5.95. The fourth-order valence-corrected chi connectivity index (χ4v) is 3.07. The van der Waals surface area contributed by atoms with Crippen LogP contribution in [0.3, 0.4) is 0 Å². The summed E-state index contributed by atoms with van der Waals surface area (Å²) >= 11 is 0. The fraction of sp³-hybridized carbons (Fsp3) is 0.211. The third kappa shape index (κ3) is 2.80. The Bertz CT molecular complexity index is 882. The molecule has 0 radical (unpaired) electrons. The third-order valence-electron chi connectivity index (χ3n) is 4.28. The summed E-state index contributed by atoms with van der Waals surface area (Å²) in [6, 6.07) is 13.6. The van der Waals surface area contributed by atoms with Gasteiger partial charge in [0.1, 0.15) is 5.69 Å². The second-order valence-corrected chi connectivity index (χ2v) is 5.93. The van der Waals surface area contributed by atoms with E-state index in [1.165, 1.54) is 0 Å². The lowest BCUT2D eigenvalue weighted by Crippen LogP contribution is -2.28. The number of hydrogen-bond acceptors (Lipinski definition) is 4. The molecule has 2 aromatic heterocycles. The number of carbonyl (C=O) groups is 1. The number of nitrogens with one attached hydrogen (secondary N) is 1. The maximum Gasteiger partial charge on any atom is 0.272 e. The van der Waals surface area contributed by atoms with E-state index in [4.69, 9.17) is 0 Å². The van der Waals surface area contributed by atoms with Crippen LogP contribution in [0.2, 0.25) is 0 Å². The van der Waals surface area contributed by atoms with E-state index in [9.17, 15) is 4.79 Å². The van der Waals surface area contributed by atoms with Crippen LogP contribution in [0.15, 0.2) is 54.9 Å². The van der Waals surface area contributed by atoms with Crippen molar-refractivity contribution in [2.24, 2.45) is 0 Å². The van der Waals surface area contributed by atoms with E-state index in [1.54, 1.807) is 12.4 Å². The molecule has 0 aliphatic carbocycles. The molecule has 5 heteroatoms. The van der Waals surface area contributed by atoms with Gasteiger partial charge >= 0.3 is 0 Å². The van der Waals surface area contributed by atoms with Crippen molar-refractivity contribution in [2.75, 3.05) is 18.4 Å². The monoisotopic (exact) mass is 318 g/mol. The number of carbonyl (C=O) groups excluding carboxylic acids is 1. The molecule has 1 amide bonds. The number of nitrogens with zero attached hydrogens (tertiary/aromatic N) is 3. The van der Waals surface area contributed by atoms with E-state index < -0.39 is 0 Å². The number of para-hydroxylation sites is 1. The summed E-state index contributed by atoms with van der Waals surface area (Å²) in [5.41, 5.74) is 3.14. The molecule has 5 nitrogen and oxygen atoms in total. The minimum Gasteiger partial charge on any atom is -0.354 e. The number of amides is 1. The van der Waals surface area contributed by atoms with Crippen molar-refractivity contribution in [2.45, 2.75) is 12.8 Å². The maximum absolute atomic E-state index is 12.5. The molecular weight excluding hydrogens is 300 g/mol. The highest BCUT2D eigenvalue weighted by Gasteiger charge is 2.20. The van der Waals surface area contributed by atoms with Crippen LogP contribution in [0.25, 0.3) is 10.9 Å². The van der Waals surface area contributed by atoms with Crippen molar-refractivity contribution in [3.8, 4) is 0 Å². The first kappa shape index (κ1) is 14.6. The molecule has 120 valence electrons. The van der Waals surface area contributed by atoms with Crippen molar-refractivity contribution >= 4 is 28.2 Å². The lowest BCUT2D eigenvalue weighted by atomic mass is 10.2. The van der Waals surface area contributed by atoms with Gasteiger partial charge in [0, 0.05) is 36.6 Å². The van der Waals surface area contributed by atoms with Crippen LogP contribution in [0.5, 0.6) is 0 Å². The number of benzene rings is 1. The van der Waals surface area contributed by atoms with E-state index in [-0.39, 0.29) is 5.91 Å². The lowest BCUT2D eigenvalue weighted by molar-refractivity contribution is 0.0787. The van der Waals surface area contributed by atoms with Gasteiger partial charge in [0.25, 0.3) is 5.91 Å². The maximum atomic E-state index is 12.5. The Morgan fingerprint density at radius 3 is 2.71 bits per heavy atom. The Morgan fingerprint density at radius 2 is 1.83 bits per heavy atom. The molecule has 0 saturated carbocycles. The predicted molar refractivity (Wildman–Crippen MR) is 94.4 cm³/mol. The van der Waals surface area contributed by atoms with Gasteiger partial charge in [0.05, 0.1) is 11.2 Å². The molecule has 1 aliphatic rings. The SMILES string of the molecule is O=C(c1cc(Nc2cccc3cccnc23)ccn1)N1CCCC1. The molecule has 24 heavy (non-hydrogen) atoms. The van der Waals surface area contributed by atoms with E-state index in [1.807, 2.05) is 47.4 Å². The second-order valence-electron chi connectivity index (χ2n) is 5.93. The summed E-state index contributed by atoms with van der Waals surface area (Å²) in [5, 5.41) is 4.43. The molecular formula is C19H18N4O. The van der Waals surface area contributed by atoms with Crippen LogP contribution < -0.4 is 5.32 Å². The number of rotatable bonds is 3. The van der Waals surface area contributed by atoms with E-state index in [0.717, 1.165) is 48.2 Å². The van der Waals surface area contributed by atoms with Gasteiger partial charge < -0.3 is 10.2 Å². The molecule has 3 heterocycles. The number of fused-ring (bicyclic) bond motifs is 1. The Kier molecular flexibility index (Phi) is 3.83. The van der Waals surface area contributed by atoms with E-state index >= 15 is 0 Å². The minimum atomic E-state index is 0.00666. The van der Waals surface area contributed by atoms with Gasteiger partial charge in [-0.15, -0.1) is 0 Å². The molecule has 0 atom stereocenters. The van der Waals surface area contributed by atoms with Crippen molar-refractivity contribution < 1.29 is 4.79 Å². The van der Waals surface area contributed by atoms with Crippen LogP contribution in [0.1, 0.15) is 23.3 Å². The molecule has 0 spiro atoms. The zero-order valence-corrected chi connectivity index (χ0v) is 13.3. The summed E-state index contributed by atoms with van der Waals surface area (Å²) < 4.78 is 0. The average molecular weight is 318 g/mol. The van der Waals surface area contributed by atoms with Gasteiger partial charge in [-0.1, -0.05) is 18.2 Å². The summed E-state index contributed by atoms with van der Waals surface area (Å²) in [7, 11) is 0. The van der Waals surface area contributed by atoms with Crippen molar-refractivity contribution in [3.63, 3.8) is 0 Å². The standard InChI is InChI=1S/C19H18N4O/c24-19(23-11-1-2-12-23)17-13-15(8-10-20-17)22-16-7-3-5-14-6-4-9-21-18(14)16/h3-10,13H,1-2,11-12H2,(H,20,22). The van der Waals surface area contributed by atoms with Gasteiger partial charge in [-0.25, -0.2) is 0 Å². The molecule has 0 bridgehead atoms. The Balaban J connectivity index is 1.62. The minimum absolute atomic E-state index is 0.00666. The number of hydrogen-bond donors (Lipinski definition) is 1. The molecule has 1 fully saturated rings. The molecule has 0 unspecified atom stereocenters. The van der Waals surface area contributed by atoms with Gasteiger partial charge in [-0.05, 0) is 37.1 Å². The normalized spacial score (nSPS) is 14.1. The third-order valence-corrected chi connectivity index (χ3v) is 4.28. The largest absolute Gasteiger partial charge is 0.354 e. The summed E-state index contributed by atoms with van der Waals surface area (Å²) in [6.07, 6.45) is 5.60. The highest BCUT2D eigenvalue weighted by atomic mass is 16.2. The van der Waals surface area contributed by atoms with Gasteiger partial charge in [0.15, 0.2) is 0 Å². The molecule has 3 aromatic rings. The zero-order valence-electron chi connectivity index (χ0n) is 13.3. The summed E-state index contributed by atoms with van der Waals surface area (Å²) in [5.74, 6) is 0.00666. The number of pyridine rings is 2. The Morgan fingerprint density at radius 1 is 1.00 bits per heavy atom. The molecule has 1 aliphatic heterocycles. The Labute approximate surface area is 140 Å². The van der Waals surface area contributed by atoms with Crippen LogP contribution in [-0.2, 0) is 0 Å². The topological polar surface area (TPSA) is 58.1 Å². The first-order valence-corrected chi connectivity index (χ1v) is 8.17. The van der Waals surface area contributed by atoms with Crippen LogP contribution in [0.4, 0.5) is 11.4 Å². The molecule has 4 rings (SSSR count). The predicted octanol–water partition coefficient (Wildman–Crippen LogP) is 3.61. The molecule has 1 aromatic carbocycles. The average Bonchev–Trinajstić information content (AvgIpc) is 3.16. The Hall–Kier alpha value is -2.95. The smallest absolute Gasteiger partial charge is 0.272 e. The number of anilines is 2. The molecule has 1 saturated heterocycles. The number of likely N-dealkylation sites (tertiary alicyclic amines) is 1. The van der Waals surface area contributed by atoms with Crippen molar-refractivity contribution in [3.05, 3.63) is 60.6 Å². The lowest BCUT2D eigenvalue weighted by Gasteiger charge is -2.15. The fourth-order valence-electron chi connectivity index (χ4n) is 3.07. The van der Waals surface area contributed by atoms with Crippen LogP contribution in [-0.4, -0.2) is 33.9 Å². The first-order chi connectivity index (χ1) is 11.8. The van der Waals surface area contributed by atoms with Gasteiger partial charge in [-0.2, -0.15) is 0 Å². The zero-order chi connectivity index (χ0) is 16.4. The molecule has 1 N–H and O–H groups in total. The second kappa shape index (κ2) is 6.28. The number of aromatic nitrogens is 2. The van der Waals surface area contributed by atoms with Gasteiger partial charge in [-0.3, -0.25) is 14.8 Å². The van der Waals surface area contributed by atoms with Gasteiger partial charge in [0.2, 0.25) is 0 Å². The van der Waals surface area contributed by atoms with Crippen LogP contribution in [0, 0.1) is 0 Å². The quantitative estimate of drug-likeness (QED) is 0.801. The van der Waals surface area contributed by atoms with E-state index in [2.05, 4.69) is 15.3 Å². The van der Waals surface area contributed by atoms with Crippen LogP contribution >= 0.6 is 0 Å². The first-order valence-electron chi connectivity index (χ1n) is 8.17. The highest BCUT2D eigenvalue weighted by Crippen LogP contribution is 2.25. The van der Waals surface area contributed by atoms with Crippen molar-refractivity contribution in [1.29, 1.82) is 0 Å². The van der Waals surface area contributed by atoms with E-state index in [0.29, 0.717) is 5.69 Å². The summed E-state index contributed by atoms with van der Waals surface area (Å²) in [4.78, 5) is 23.0. The summed E-state index contributed by atoms with van der Waals surface area (Å²) in [6.45, 7) is 1.65. The van der Waals surface area contributed by atoms with Crippen molar-refractivity contribution in [1.82, 2.24) is 14.9 Å².